The van der Waals surface area contributed by atoms with Gasteiger partial charge in [-0.05, 0) is 25.0 Å². The van der Waals surface area contributed by atoms with Crippen molar-refractivity contribution in [2.75, 3.05) is 31.8 Å². The highest BCUT2D eigenvalue weighted by Crippen LogP contribution is 2.24. The van der Waals surface area contributed by atoms with Crippen LogP contribution in [0.2, 0.25) is 0 Å². The number of fused-ring (bicyclic) bond motifs is 1. The summed E-state index contributed by atoms with van der Waals surface area (Å²) in [6, 6.07) is 8.83. The van der Waals surface area contributed by atoms with E-state index in [1.54, 1.807) is 24.1 Å². The number of carbonyl (C=O) groups excluding carboxylic acids is 1. The van der Waals surface area contributed by atoms with Gasteiger partial charge in [0.15, 0.2) is 15.6 Å². The Bertz CT molecular complexity index is 793. The Morgan fingerprint density at radius 2 is 2.17 bits per heavy atom. The van der Waals surface area contributed by atoms with E-state index < -0.39 is 9.84 Å². The molecular weight excluding hydrogens is 330 g/mol. The van der Waals surface area contributed by atoms with E-state index in [9.17, 15) is 13.2 Å². The number of hydrogen-bond acceptors (Lipinski definition) is 5. The Labute approximate surface area is 141 Å². The third-order valence-corrected chi connectivity index (χ3v) is 6.04. The minimum atomic E-state index is -3.07. The average Bonchev–Trinajstić information content (AvgIpc) is 3.14. The maximum absolute atomic E-state index is 12.9. The number of sulfone groups is 1. The van der Waals surface area contributed by atoms with E-state index in [0.29, 0.717) is 31.6 Å². The van der Waals surface area contributed by atoms with Crippen molar-refractivity contribution in [1.82, 2.24) is 4.90 Å². The minimum Gasteiger partial charge on any atom is -0.451 e. The molecule has 1 aliphatic rings. The lowest BCUT2D eigenvalue weighted by atomic mass is 10.2. The van der Waals surface area contributed by atoms with Crippen LogP contribution in [0.25, 0.3) is 11.0 Å². The highest BCUT2D eigenvalue weighted by molar-refractivity contribution is 7.91. The Morgan fingerprint density at radius 1 is 1.38 bits per heavy atom. The molecule has 0 aliphatic carbocycles. The number of methoxy groups -OCH3 is 1. The fraction of sp³-hybridized carbons (Fsp3) is 0.471. The molecule has 7 heteroatoms. The predicted octanol–water partition coefficient (Wildman–Crippen LogP) is 2.10. The molecule has 2 heterocycles. The number of carbonyl (C=O) groups is 1. The lowest BCUT2D eigenvalue weighted by molar-refractivity contribution is 0.0644. The van der Waals surface area contributed by atoms with Gasteiger partial charge in [0.2, 0.25) is 0 Å². The summed E-state index contributed by atoms with van der Waals surface area (Å²) in [6.45, 7) is 0.966. The smallest absolute Gasteiger partial charge is 0.289 e. The first-order chi connectivity index (χ1) is 11.5. The first-order valence-corrected chi connectivity index (χ1v) is 9.81. The van der Waals surface area contributed by atoms with E-state index in [1.807, 2.05) is 18.2 Å². The lowest BCUT2D eigenvalue weighted by Gasteiger charge is -2.27. The first kappa shape index (κ1) is 17.0. The van der Waals surface area contributed by atoms with Gasteiger partial charge in [-0.2, -0.15) is 0 Å². The summed E-state index contributed by atoms with van der Waals surface area (Å²) in [5.41, 5.74) is 0.650. The highest BCUT2D eigenvalue weighted by Gasteiger charge is 2.35. The van der Waals surface area contributed by atoms with Gasteiger partial charge >= 0.3 is 0 Å². The van der Waals surface area contributed by atoms with E-state index in [0.717, 1.165) is 5.39 Å². The summed E-state index contributed by atoms with van der Waals surface area (Å²) in [7, 11) is -1.46. The number of ether oxygens (including phenoxy) is 1. The van der Waals surface area contributed by atoms with Crippen LogP contribution in [0.3, 0.4) is 0 Å². The van der Waals surface area contributed by atoms with Crippen molar-refractivity contribution in [3.05, 3.63) is 36.1 Å². The molecule has 1 unspecified atom stereocenters. The molecule has 130 valence electrons. The van der Waals surface area contributed by atoms with E-state index in [4.69, 9.17) is 9.15 Å². The summed E-state index contributed by atoms with van der Waals surface area (Å²) in [5, 5.41) is 0.858. The van der Waals surface area contributed by atoms with Gasteiger partial charge < -0.3 is 14.1 Å². The van der Waals surface area contributed by atoms with Crippen LogP contribution in [0.4, 0.5) is 0 Å². The van der Waals surface area contributed by atoms with Gasteiger partial charge in [0.1, 0.15) is 5.58 Å². The molecule has 1 aromatic heterocycles. The van der Waals surface area contributed by atoms with Crippen molar-refractivity contribution >= 4 is 26.7 Å². The van der Waals surface area contributed by atoms with Crippen LogP contribution >= 0.6 is 0 Å². The second-order valence-corrected chi connectivity index (χ2v) is 8.28. The Kier molecular flexibility index (Phi) is 4.91. The van der Waals surface area contributed by atoms with Crippen molar-refractivity contribution in [3.63, 3.8) is 0 Å². The second kappa shape index (κ2) is 6.94. The van der Waals surface area contributed by atoms with Crippen molar-refractivity contribution in [2.45, 2.75) is 18.9 Å². The molecule has 0 saturated carbocycles. The maximum atomic E-state index is 12.9. The van der Waals surface area contributed by atoms with Crippen molar-refractivity contribution < 1.29 is 22.4 Å². The van der Waals surface area contributed by atoms with E-state index in [-0.39, 0.29) is 29.2 Å². The third-order valence-electron chi connectivity index (χ3n) is 4.29. The van der Waals surface area contributed by atoms with E-state index >= 15 is 0 Å². The number of furan rings is 1. The molecule has 1 aliphatic heterocycles. The van der Waals surface area contributed by atoms with Crippen molar-refractivity contribution in [2.24, 2.45) is 0 Å². The quantitative estimate of drug-likeness (QED) is 0.745. The largest absolute Gasteiger partial charge is 0.451 e. The number of nitrogens with zero attached hydrogens (tertiary/aromatic N) is 1. The molecule has 24 heavy (non-hydrogen) atoms. The van der Waals surface area contributed by atoms with Crippen LogP contribution in [0.15, 0.2) is 34.7 Å². The fourth-order valence-electron chi connectivity index (χ4n) is 3.08. The molecule has 0 radical (unpaired) electrons. The molecule has 0 bridgehead atoms. The topological polar surface area (TPSA) is 76.8 Å². The number of hydrogen-bond donors (Lipinski definition) is 0. The molecule has 1 atom stereocenters. The van der Waals surface area contributed by atoms with Gasteiger partial charge in [-0.15, -0.1) is 0 Å². The zero-order valence-corrected chi connectivity index (χ0v) is 14.4. The Balaban J connectivity index is 1.84. The summed E-state index contributed by atoms with van der Waals surface area (Å²) in [6.07, 6.45) is 1.13. The number of rotatable bonds is 6. The second-order valence-electron chi connectivity index (χ2n) is 6.05. The van der Waals surface area contributed by atoms with Gasteiger partial charge in [0.25, 0.3) is 5.91 Å². The van der Waals surface area contributed by atoms with E-state index in [1.165, 1.54) is 0 Å². The first-order valence-electron chi connectivity index (χ1n) is 7.99. The van der Waals surface area contributed by atoms with Crippen LogP contribution in [0.5, 0.6) is 0 Å². The molecule has 0 N–H and O–H groups in total. The summed E-state index contributed by atoms with van der Waals surface area (Å²) in [4.78, 5) is 14.5. The molecule has 1 saturated heterocycles. The van der Waals surface area contributed by atoms with Gasteiger partial charge in [-0.1, -0.05) is 18.2 Å². The standard InChI is InChI=1S/C17H21NO5S/c1-22-9-4-8-18(14-7-10-24(20,21)12-14)17(19)16-11-13-5-2-3-6-15(13)23-16/h2-3,5-6,11,14H,4,7-10,12H2,1H3. The van der Waals surface area contributed by atoms with E-state index in [2.05, 4.69) is 0 Å². The van der Waals surface area contributed by atoms with Crippen LogP contribution in [-0.2, 0) is 14.6 Å². The van der Waals surface area contributed by atoms with Crippen LogP contribution in [0, 0.1) is 0 Å². The summed E-state index contributed by atoms with van der Waals surface area (Å²) < 4.78 is 34.3. The molecule has 2 aromatic rings. The van der Waals surface area contributed by atoms with Gasteiger partial charge in [-0.25, -0.2) is 8.42 Å². The number of para-hydroxylation sites is 1. The molecule has 0 spiro atoms. The van der Waals surface area contributed by atoms with Crippen LogP contribution in [0.1, 0.15) is 23.4 Å². The zero-order chi connectivity index (χ0) is 17.2. The summed E-state index contributed by atoms with van der Waals surface area (Å²) in [5.74, 6) is 0.139. The lowest BCUT2D eigenvalue weighted by Crippen LogP contribution is -2.42. The molecule has 1 aromatic carbocycles. The average molecular weight is 351 g/mol. The minimum absolute atomic E-state index is 0.0198. The molecule has 6 nitrogen and oxygen atoms in total. The van der Waals surface area contributed by atoms with Crippen LogP contribution < -0.4 is 0 Å². The zero-order valence-electron chi connectivity index (χ0n) is 13.6. The predicted molar refractivity (Wildman–Crippen MR) is 90.8 cm³/mol. The van der Waals surface area contributed by atoms with Gasteiger partial charge in [0, 0.05) is 31.7 Å². The molecule has 3 rings (SSSR count). The van der Waals surface area contributed by atoms with Crippen molar-refractivity contribution in [1.29, 1.82) is 0 Å². The normalized spacial score (nSPS) is 19.6. The molecular formula is C17H21NO5S. The van der Waals surface area contributed by atoms with Gasteiger partial charge in [0.05, 0.1) is 11.5 Å². The SMILES string of the molecule is COCCCN(C(=O)c1cc2ccccc2o1)C1CCS(=O)(=O)C1. The molecule has 1 fully saturated rings. The maximum Gasteiger partial charge on any atom is 0.289 e. The Morgan fingerprint density at radius 3 is 2.83 bits per heavy atom. The van der Waals surface area contributed by atoms with Crippen molar-refractivity contribution in [3.8, 4) is 0 Å². The highest BCUT2D eigenvalue weighted by atomic mass is 32.2. The van der Waals surface area contributed by atoms with Gasteiger partial charge in [-0.3, -0.25) is 4.79 Å². The Hall–Kier alpha value is -1.86. The number of benzene rings is 1. The van der Waals surface area contributed by atoms with Crippen LogP contribution in [-0.4, -0.2) is 57.0 Å². The third kappa shape index (κ3) is 3.62. The summed E-state index contributed by atoms with van der Waals surface area (Å²) >= 11 is 0. The monoisotopic (exact) mass is 351 g/mol. The number of amides is 1. The molecule has 1 amide bonds. The fourth-order valence-corrected chi connectivity index (χ4v) is 4.81.